The Morgan fingerprint density at radius 2 is 1.83 bits per heavy atom. The smallest absolute Gasteiger partial charge is 0.242 e. The molecular formula is C14H13Cl3N2O3S. The molecule has 0 spiro atoms. The first-order valence-electron chi connectivity index (χ1n) is 6.41. The number of halogens is 3. The molecule has 0 radical (unpaired) electrons. The fourth-order valence-corrected chi connectivity index (χ4v) is 3.34. The number of aliphatic hydroxyl groups is 1. The molecule has 1 unspecified atom stereocenters. The monoisotopic (exact) mass is 394 g/mol. The summed E-state index contributed by atoms with van der Waals surface area (Å²) in [5, 5.41) is 11.0. The maximum Gasteiger partial charge on any atom is 0.242 e. The molecule has 1 heterocycles. The highest BCUT2D eigenvalue weighted by molar-refractivity contribution is 7.89. The first kappa shape index (κ1) is 18.4. The first-order valence-corrected chi connectivity index (χ1v) is 9.03. The highest BCUT2D eigenvalue weighted by Gasteiger charge is 2.26. The van der Waals surface area contributed by atoms with E-state index in [2.05, 4.69) is 9.71 Å². The molecule has 124 valence electrons. The minimum absolute atomic E-state index is 0.0128. The number of pyridine rings is 1. The molecule has 1 atom stereocenters. The Morgan fingerprint density at radius 3 is 2.39 bits per heavy atom. The summed E-state index contributed by atoms with van der Waals surface area (Å²) >= 11 is 17.2. The van der Waals surface area contributed by atoms with Gasteiger partial charge in [0.2, 0.25) is 10.0 Å². The Balaban J connectivity index is 2.17. The van der Waals surface area contributed by atoms with Crippen molar-refractivity contribution in [1.82, 2.24) is 9.71 Å². The lowest BCUT2D eigenvalue weighted by Crippen LogP contribution is -2.38. The van der Waals surface area contributed by atoms with Crippen LogP contribution in [0.1, 0.15) is 12.5 Å². The third-order valence-electron chi connectivity index (χ3n) is 3.15. The second kappa shape index (κ2) is 6.93. The van der Waals surface area contributed by atoms with Crippen LogP contribution in [0.4, 0.5) is 0 Å². The van der Waals surface area contributed by atoms with E-state index in [0.29, 0.717) is 10.6 Å². The topological polar surface area (TPSA) is 79.3 Å². The maximum atomic E-state index is 12.2. The number of benzene rings is 1. The van der Waals surface area contributed by atoms with Gasteiger partial charge in [-0.1, -0.05) is 46.9 Å². The molecule has 5 nitrogen and oxygen atoms in total. The molecule has 9 heteroatoms. The van der Waals surface area contributed by atoms with Crippen LogP contribution < -0.4 is 4.72 Å². The van der Waals surface area contributed by atoms with Gasteiger partial charge >= 0.3 is 0 Å². The molecule has 2 aromatic rings. The van der Waals surface area contributed by atoms with Gasteiger partial charge in [-0.3, -0.25) is 0 Å². The lowest BCUT2D eigenvalue weighted by Gasteiger charge is -2.24. The standard InChI is InChI=1S/C14H13Cl3N2O3S/c1-14(20,9-2-4-10(15)5-3-9)8-19-23(21,22)11-6-12(16)13(17)18-7-11/h2-7,19-20H,8H2,1H3. The van der Waals surface area contributed by atoms with Crippen LogP contribution in [0.5, 0.6) is 0 Å². The van der Waals surface area contributed by atoms with E-state index in [4.69, 9.17) is 34.8 Å². The van der Waals surface area contributed by atoms with Gasteiger partial charge in [-0.05, 0) is 30.7 Å². The molecule has 2 N–H and O–H groups in total. The summed E-state index contributed by atoms with van der Waals surface area (Å²) in [6.45, 7) is 1.25. The van der Waals surface area contributed by atoms with Gasteiger partial charge in [-0.25, -0.2) is 18.1 Å². The average molecular weight is 396 g/mol. The summed E-state index contributed by atoms with van der Waals surface area (Å²) in [7, 11) is -3.89. The van der Waals surface area contributed by atoms with Crippen molar-refractivity contribution in [2.75, 3.05) is 6.54 Å². The molecule has 1 aromatic heterocycles. The van der Waals surface area contributed by atoms with Crippen LogP contribution in [0.15, 0.2) is 41.4 Å². The maximum absolute atomic E-state index is 12.2. The SMILES string of the molecule is CC(O)(CNS(=O)(=O)c1cnc(Cl)c(Cl)c1)c1ccc(Cl)cc1. The van der Waals surface area contributed by atoms with E-state index in [-0.39, 0.29) is 21.6 Å². The minimum Gasteiger partial charge on any atom is -0.384 e. The van der Waals surface area contributed by atoms with E-state index in [0.717, 1.165) is 6.20 Å². The Morgan fingerprint density at radius 1 is 1.22 bits per heavy atom. The number of hydrogen-bond donors (Lipinski definition) is 2. The van der Waals surface area contributed by atoms with Gasteiger partial charge in [0.1, 0.15) is 15.6 Å². The average Bonchev–Trinajstić information content (AvgIpc) is 2.48. The van der Waals surface area contributed by atoms with Gasteiger partial charge in [-0.2, -0.15) is 0 Å². The van der Waals surface area contributed by atoms with Crippen LogP contribution in [0.2, 0.25) is 15.2 Å². The van der Waals surface area contributed by atoms with E-state index in [9.17, 15) is 13.5 Å². The van der Waals surface area contributed by atoms with Gasteiger partial charge < -0.3 is 5.11 Å². The summed E-state index contributed by atoms with van der Waals surface area (Å²) in [5.74, 6) is 0. The number of nitrogens with zero attached hydrogens (tertiary/aromatic N) is 1. The van der Waals surface area contributed by atoms with E-state index in [1.165, 1.54) is 13.0 Å². The van der Waals surface area contributed by atoms with E-state index >= 15 is 0 Å². The molecule has 0 bridgehead atoms. The molecule has 0 aliphatic heterocycles. The quantitative estimate of drug-likeness (QED) is 0.762. The summed E-state index contributed by atoms with van der Waals surface area (Å²) in [6, 6.07) is 7.66. The van der Waals surface area contributed by atoms with Crippen LogP contribution >= 0.6 is 34.8 Å². The zero-order chi connectivity index (χ0) is 17.3. The largest absolute Gasteiger partial charge is 0.384 e. The van der Waals surface area contributed by atoms with Crippen LogP contribution in [0.25, 0.3) is 0 Å². The molecule has 0 fully saturated rings. The van der Waals surface area contributed by atoms with Gasteiger partial charge in [0.25, 0.3) is 0 Å². The molecule has 2 rings (SSSR count). The first-order chi connectivity index (χ1) is 10.6. The number of sulfonamides is 1. The Kier molecular flexibility index (Phi) is 5.56. The molecule has 0 saturated carbocycles. The lowest BCUT2D eigenvalue weighted by molar-refractivity contribution is 0.0627. The molecular weight excluding hydrogens is 383 g/mol. The number of nitrogens with one attached hydrogen (secondary N) is 1. The van der Waals surface area contributed by atoms with Gasteiger partial charge in [0, 0.05) is 17.8 Å². The fraction of sp³-hybridized carbons (Fsp3) is 0.214. The van der Waals surface area contributed by atoms with E-state index < -0.39 is 15.6 Å². The van der Waals surface area contributed by atoms with Crippen molar-refractivity contribution >= 4 is 44.8 Å². The summed E-state index contributed by atoms with van der Waals surface area (Å²) in [4.78, 5) is 3.55. The van der Waals surface area contributed by atoms with Crippen LogP contribution in [-0.4, -0.2) is 25.1 Å². The second-order valence-electron chi connectivity index (χ2n) is 5.05. The molecule has 1 aromatic carbocycles. The zero-order valence-corrected chi connectivity index (χ0v) is 15.0. The Hall–Kier alpha value is -0.890. The van der Waals surface area contributed by atoms with Gasteiger partial charge in [-0.15, -0.1) is 0 Å². The predicted octanol–water partition coefficient (Wildman–Crippen LogP) is 3.23. The van der Waals surface area contributed by atoms with E-state index in [1.54, 1.807) is 24.3 Å². The fourth-order valence-electron chi connectivity index (χ4n) is 1.78. The number of rotatable bonds is 5. The second-order valence-corrected chi connectivity index (χ2v) is 8.02. The lowest BCUT2D eigenvalue weighted by atomic mass is 9.97. The van der Waals surface area contributed by atoms with Gasteiger partial charge in [0.05, 0.1) is 5.02 Å². The van der Waals surface area contributed by atoms with Crippen molar-refractivity contribution in [3.63, 3.8) is 0 Å². The number of hydrogen-bond acceptors (Lipinski definition) is 4. The van der Waals surface area contributed by atoms with Crippen molar-refractivity contribution in [3.05, 3.63) is 57.3 Å². The van der Waals surface area contributed by atoms with Gasteiger partial charge in [0.15, 0.2) is 0 Å². The minimum atomic E-state index is -3.89. The molecule has 0 aliphatic carbocycles. The third kappa shape index (κ3) is 4.56. The predicted molar refractivity (Wildman–Crippen MR) is 90.5 cm³/mol. The van der Waals surface area contributed by atoms with E-state index in [1.807, 2.05) is 0 Å². The van der Waals surface area contributed by atoms with Crippen LogP contribution in [0, 0.1) is 0 Å². The summed E-state index contributed by atoms with van der Waals surface area (Å²) in [5.41, 5.74) is -0.890. The normalized spacial score (nSPS) is 14.5. The molecule has 0 amide bonds. The third-order valence-corrected chi connectivity index (χ3v) is 5.46. The molecule has 23 heavy (non-hydrogen) atoms. The Labute approximate surface area is 149 Å². The number of aromatic nitrogens is 1. The Bertz CT molecular complexity index is 809. The van der Waals surface area contributed by atoms with Crippen molar-refractivity contribution in [3.8, 4) is 0 Å². The van der Waals surface area contributed by atoms with Crippen LogP contribution in [-0.2, 0) is 15.6 Å². The molecule has 0 aliphatic rings. The van der Waals surface area contributed by atoms with Crippen molar-refractivity contribution < 1.29 is 13.5 Å². The highest BCUT2D eigenvalue weighted by atomic mass is 35.5. The summed E-state index contributed by atoms with van der Waals surface area (Å²) < 4.78 is 26.8. The highest BCUT2D eigenvalue weighted by Crippen LogP contribution is 2.24. The zero-order valence-electron chi connectivity index (χ0n) is 11.9. The van der Waals surface area contributed by atoms with Crippen molar-refractivity contribution in [2.24, 2.45) is 0 Å². The van der Waals surface area contributed by atoms with Crippen molar-refractivity contribution in [2.45, 2.75) is 17.4 Å². The summed E-state index contributed by atoms with van der Waals surface area (Å²) in [6.07, 6.45) is 1.09. The van der Waals surface area contributed by atoms with Crippen molar-refractivity contribution in [1.29, 1.82) is 0 Å². The van der Waals surface area contributed by atoms with Crippen LogP contribution in [0.3, 0.4) is 0 Å². The molecule has 0 saturated heterocycles.